The van der Waals surface area contributed by atoms with E-state index >= 15 is 0 Å². The number of para-hydroxylation sites is 1. The number of hydrazine groups is 1. The lowest BCUT2D eigenvalue weighted by Gasteiger charge is -2.42. The van der Waals surface area contributed by atoms with E-state index in [1.165, 1.54) is 8.27 Å². The Hall–Kier alpha value is -2.65. The molecule has 30 heavy (non-hydrogen) atoms. The van der Waals surface area contributed by atoms with Crippen molar-refractivity contribution in [1.29, 1.82) is 0 Å². The fourth-order valence-corrected chi connectivity index (χ4v) is 4.86. The maximum absolute atomic E-state index is 5.01. The highest BCUT2D eigenvalue weighted by molar-refractivity contribution is 14.1. The second-order valence-electron chi connectivity index (χ2n) is 6.97. The van der Waals surface area contributed by atoms with Gasteiger partial charge in [0.1, 0.15) is 6.17 Å². The molecule has 0 saturated carbocycles. The zero-order chi connectivity index (χ0) is 20.5. The van der Waals surface area contributed by atoms with Crippen LogP contribution in [0, 0.1) is 3.57 Å². The lowest BCUT2D eigenvalue weighted by molar-refractivity contribution is 0.504. The number of benzene rings is 3. The Kier molecular flexibility index (Phi) is 5.30. The van der Waals surface area contributed by atoms with Gasteiger partial charge in [-0.3, -0.25) is 5.43 Å². The van der Waals surface area contributed by atoms with E-state index in [-0.39, 0.29) is 6.17 Å². The Morgan fingerprint density at radius 3 is 2.43 bits per heavy atom. The third-order valence-corrected chi connectivity index (χ3v) is 6.76. The van der Waals surface area contributed by atoms with Crippen LogP contribution in [0.2, 0.25) is 0 Å². The zero-order valence-electron chi connectivity index (χ0n) is 16.4. The van der Waals surface area contributed by atoms with Crippen LogP contribution in [0.15, 0.2) is 84.0 Å². The summed E-state index contributed by atoms with van der Waals surface area (Å²) >= 11 is 4.02. The molecule has 0 radical (unpaired) electrons. The van der Waals surface area contributed by atoms with E-state index in [1.54, 1.807) is 11.3 Å². The van der Waals surface area contributed by atoms with Crippen LogP contribution in [0.25, 0.3) is 10.2 Å². The molecule has 0 saturated heterocycles. The molecule has 0 spiro atoms. The van der Waals surface area contributed by atoms with Gasteiger partial charge in [0.15, 0.2) is 5.84 Å². The number of fused-ring (bicyclic) bond motifs is 1. The fourth-order valence-electron chi connectivity index (χ4n) is 3.53. The number of thiazole rings is 1. The van der Waals surface area contributed by atoms with Crippen molar-refractivity contribution in [2.45, 2.75) is 19.5 Å². The van der Waals surface area contributed by atoms with E-state index in [0.717, 1.165) is 34.2 Å². The Bertz CT molecular complexity index is 1160. The molecule has 1 N–H and O–H groups in total. The normalized spacial score (nSPS) is 16.5. The number of hydrogen-bond acceptors (Lipinski definition) is 6. The van der Waals surface area contributed by atoms with Crippen LogP contribution >= 0.6 is 33.9 Å². The molecule has 0 amide bonds. The highest BCUT2D eigenvalue weighted by atomic mass is 127. The maximum atomic E-state index is 5.01. The van der Waals surface area contributed by atoms with E-state index in [0.29, 0.717) is 0 Å². The van der Waals surface area contributed by atoms with Gasteiger partial charge in [-0.2, -0.15) is 5.10 Å². The topological polar surface area (TPSA) is 43.8 Å². The third-order valence-electron chi connectivity index (χ3n) is 5.01. The van der Waals surface area contributed by atoms with Crippen molar-refractivity contribution in [3.05, 3.63) is 88.0 Å². The van der Waals surface area contributed by atoms with Gasteiger partial charge in [0.05, 0.1) is 15.9 Å². The number of hydrogen-bond donors (Lipinski definition) is 1. The quantitative estimate of drug-likeness (QED) is 0.341. The summed E-state index contributed by atoms with van der Waals surface area (Å²) < 4.78 is 2.38. The summed E-state index contributed by atoms with van der Waals surface area (Å²) in [6.07, 6.45) is 0.874. The minimum Gasteiger partial charge on any atom is -0.276 e. The molecule has 4 aromatic rings. The number of nitrogens with zero attached hydrogens (tertiary/aromatic N) is 4. The zero-order valence-corrected chi connectivity index (χ0v) is 19.3. The predicted octanol–water partition coefficient (Wildman–Crippen LogP) is 5.83. The summed E-state index contributed by atoms with van der Waals surface area (Å²) in [4.78, 5) is 4.90. The van der Waals surface area contributed by atoms with Gasteiger partial charge in [-0.1, -0.05) is 60.7 Å². The van der Waals surface area contributed by atoms with Crippen LogP contribution < -0.4 is 15.4 Å². The maximum Gasteiger partial charge on any atom is 0.207 e. The van der Waals surface area contributed by atoms with Gasteiger partial charge in [0.25, 0.3) is 0 Å². The Morgan fingerprint density at radius 1 is 0.967 bits per heavy atom. The summed E-state index contributed by atoms with van der Waals surface area (Å²) in [5, 5.41) is 10.2. The molecule has 2 heterocycles. The highest BCUT2D eigenvalue weighted by Gasteiger charge is 2.32. The minimum absolute atomic E-state index is 0.00177. The first-order chi connectivity index (χ1) is 14.7. The fraction of sp³-hybridized carbons (Fsp3) is 0.130. The molecule has 0 bridgehead atoms. The van der Waals surface area contributed by atoms with E-state index in [1.807, 2.05) is 24.3 Å². The van der Waals surface area contributed by atoms with Gasteiger partial charge in [-0.25, -0.2) is 15.0 Å². The largest absolute Gasteiger partial charge is 0.276 e. The SMILES string of the molecule is CCC1N(c2ccc(I)cc2)N=C(c2ccccc2)NN1c1nc2ccccc2s1. The smallest absolute Gasteiger partial charge is 0.207 e. The highest BCUT2D eigenvalue weighted by Crippen LogP contribution is 2.33. The van der Waals surface area contributed by atoms with E-state index in [4.69, 9.17) is 10.1 Å². The third kappa shape index (κ3) is 3.63. The lowest BCUT2D eigenvalue weighted by atomic mass is 10.2. The van der Waals surface area contributed by atoms with Crippen LogP contribution in [0.4, 0.5) is 10.8 Å². The molecular weight excluding hydrogens is 505 g/mol. The molecule has 1 unspecified atom stereocenters. The molecule has 5 rings (SSSR count). The number of aromatic nitrogens is 1. The lowest BCUT2D eigenvalue weighted by Crippen LogP contribution is -2.59. The minimum atomic E-state index is -0.00177. The molecule has 1 aromatic heterocycles. The first-order valence-corrected chi connectivity index (χ1v) is 11.7. The van der Waals surface area contributed by atoms with Crippen molar-refractivity contribution in [1.82, 2.24) is 10.4 Å². The molecular formula is C23H20IN5S. The van der Waals surface area contributed by atoms with Crippen LogP contribution in [-0.4, -0.2) is 17.0 Å². The van der Waals surface area contributed by atoms with Gasteiger partial charge in [-0.05, 0) is 65.4 Å². The molecule has 7 heteroatoms. The molecule has 1 aliphatic rings. The van der Waals surface area contributed by atoms with Gasteiger partial charge in [-0.15, -0.1) is 0 Å². The number of nitrogens with one attached hydrogen (secondary N) is 1. The first-order valence-electron chi connectivity index (χ1n) is 9.83. The molecule has 1 atom stereocenters. The standard InChI is InChI=1S/C23H20IN5S/c1-2-21-28(18-14-12-17(24)13-15-18)26-22(16-8-4-3-5-9-16)27-29(21)23-25-19-10-6-7-11-20(19)30-23/h3-15,21H,2H2,1H3,(H,26,27). The first kappa shape index (κ1) is 19.3. The number of anilines is 2. The van der Waals surface area contributed by atoms with Crippen molar-refractivity contribution < 1.29 is 0 Å². The Morgan fingerprint density at radius 2 is 1.70 bits per heavy atom. The van der Waals surface area contributed by atoms with Crippen molar-refractivity contribution in [3.8, 4) is 0 Å². The molecule has 0 aliphatic carbocycles. The monoisotopic (exact) mass is 525 g/mol. The van der Waals surface area contributed by atoms with Crippen LogP contribution in [0.5, 0.6) is 0 Å². The summed E-state index contributed by atoms with van der Waals surface area (Å²) in [6.45, 7) is 2.18. The Labute approximate surface area is 193 Å². The van der Waals surface area contributed by atoms with Gasteiger partial charge < -0.3 is 0 Å². The van der Waals surface area contributed by atoms with Crippen LogP contribution in [0.1, 0.15) is 18.9 Å². The summed E-state index contributed by atoms with van der Waals surface area (Å²) in [7, 11) is 0. The van der Waals surface area contributed by atoms with E-state index in [2.05, 4.69) is 99.6 Å². The number of rotatable bonds is 4. The van der Waals surface area contributed by atoms with Gasteiger partial charge in [0.2, 0.25) is 5.13 Å². The second kappa shape index (κ2) is 8.23. The Balaban J connectivity index is 1.63. The van der Waals surface area contributed by atoms with Gasteiger partial charge >= 0.3 is 0 Å². The van der Waals surface area contributed by atoms with E-state index < -0.39 is 0 Å². The van der Waals surface area contributed by atoms with Crippen molar-refractivity contribution in [3.63, 3.8) is 0 Å². The van der Waals surface area contributed by atoms with Gasteiger partial charge in [0, 0.05) is 9.13 Å². The number of halogens is 1. The molecule has 5 nitrogen and oxygen atoms in total. The molecule has 0 fully saturated rings. The number of hydrazone groups is 1. The van der Waals surface area contributed by atoms with Crippen LogP contribution in [-0.2, 0) is 0 Å². The van der Waals surface area contributed by atoms with Crippen LogP contribution in [0.3, 0.4) is 0 Å². The number of amidine groups is 1. The molecule has 1 aliphatic heterocycles. The van der Waals surface area contributed by atoms with Crippen molar-refractivity contribution in [2.75, 3.05) is 10.0 Å². The average Bonchev–Trinajstić information content (AvgIpc) is 3.23. The average molecular weight is 525 g/mol. The van der Waals surface area contributed by atoms with E-state index in [9.17, 15) is 0 Å². The summed E-state index contributed by atoms with van der Waals surface area (Å²) in [5.74, 6) is 0.804. The molecule has 150 valence electrons. The summed E-state index contributed by atoms with van der Waals surface area (Å²) in [6, 6.07) is 27.0. The summed E-state index contributed by atoms with van der Waals surface area (Å²) in [5.41, 5.74) is 6.65. The van der Waals surface area contributed by atoms with Crippen molar-refractivity contribution >= 4 is 60.8 Å². The van der Waals surface area contributed by atoms with Crippen molar-refractivity contribution in [2.24, 2.45) is 5.10 Å². The second-order valence-corrected chi connectivity index (χ2v) is 9.23. The molecule has 3 aromatic carbocycles. The predicted molar refractivity (Wildman–Crippen MR) is 134 cm³/mol.